The van der Waals surface area contributed by atoms with Gasteiger partial charge in [-0.3, -0.25) is 4.79 Å². The van der Waals surface area contributed by atoms with Crippen LogP contribution in [0.5, 0.6) is 0 Å². The maximum atomic E-state index is 12.8. The molecule has 2 heterocycles. The molecule has 25 heavy (non-hydrogen) atoms. The third-order valence-electron chi connectivity index (χ3n) is 4.73. The van der Waals surface area contributed by atoms with Crippen molar-refractivity contribution in [2.24, 2.45) is 0 Å². The SMILES string of the molecule is Cc1ccc(S(=O)(=O)N2CCN(C(=O)Cc3cc[nH]c3)CC2)cc1C. The van der Waals surface area contributed by atoms with Crippen LogP contribution in [0.2, 0.25) is 0 Å². The predicted octanol–water partition coefficient (Wildman–Crippen LogP) is 1.71. The standard InChI is InChI=1S/C18H23N3O3S/c1-14-3-4-17(11-15(14)2)25(23,24)21-9-7-20(8-10-21)18(22)12-16-5-6-19-13-16/h3-6,11,13,19H,7-10,12H2,1-2H3. The highest BCUT2D eigenvalue weighted by molar-refractivity contribution is 7.89. The van der Waals surface area contributed by atoms with Crippen molar-refractivity contribution in [1.82, 2.24) is 14.2 Å². The molecule has 7 heteroatoms. The number of nitrogens with zero attached hydrogens (tertiary/aromatic N) is 2. The van der Waals surface area contributed by atoms with E-state index in [1.54, 1.807) is 29.4 Å². The molecule has 1 aliphatic rings. The second-order valence-corrected chi connectivity index (χ2v) is 8.36. The minimum Gasteiger partial charge on any atom is -0.367 e. The summed E-state index contributed by atoms with van der Waals surface area (Å²) in [7, 11) is -3.51. The van der Waals surface area contributed by atoms with Crippen molar-refractivity contribution in [2.75, 3.05) is 26.2 Å². The number of sulfonamides is 1. The minimum absolute atomic E-state index is 0.0304. The number of hydrogen-bond acceptors (Lipinski definition) is 3. The first-order chi connectivity index (χ1) is 11.9. The molecule has 1 fully saturated rings. The molecular formula is C18H23N3O3S. The zero-order valence-electron chi connectivity index (χ0n) is 14.5. The number of amides is 1. The van der Waals surface area contributed by atoms with E-state index in [4.69, 9.17) is 0 Å². The molecule has 1 N–H and O–H groups in total. The third kappa shape index (κ3) is 3.77. The Hall–Kier alpha value is -2.12. The lowest BCUT2D eigenvalue weighted by Crippen LogP contribution is -2.50. The molecule has 0 aliphatic carbocycles. The second kappa shape index (κ2) is 7.01. The summed E-state index contributed by atoms with van der Waals surface area (Å²) in [5.74, 6) is 0.0304. The van der Waals surface area contributed by atoms with E-state index in [1.165, 1.54) is 4.31 Å². The number of aromatic amines is 1. The molecule has 0 saturated carbocycles. The lowest BCUT2D eigenvalue weighted by molar-refractivity contribution is -0.131. The number of nitrogens with one attached hydrogen (secondary N) is 1. The van der Waals surface area contributed by atoms with E-state index < -0.39 is 10.0 Å². The average molecular weight is 361 g/mol. The van der Waals surface area contributed by atoms with Gasteiger partial charge in [-0.05, 0) is 48.7 Å². The maximum absolute atomic E-state index is 12.8. The van der Waals surface area contributed by atoms with Gasteiger partial charge in [-0.15, -0.1) is 0 Å². The third-order valence-corrected chi connectivity index (χ3v) is 6.62. The molecule has 1 aliphatic heterocycles. The van der Waals surface area contributed by atoms with E-state index in [2.05, 4.69) is 4.98 Å². The van der Waals surface area contributed by atoms with E-state index >= 15 is 0 Å². The smallest absolute Gasteiger partial charge is 0.243 e. The molecule has 2 aromatic rings. The number of piperazine rings is 1. The van der Waals surface area contributed by atoms with Gasteiger partial charge in [0.2, 0.25) is 15.9 Å². The monoisotopic (exact) mass is 361 g/mol. The molecule has 6 nitrogen and oxygen atoms in total. The van der Waals surface area contributed by atoms with Crippen molar-refractivity contribution in [3.05, 3.63) is 53.3 Å². The normalized spacial score (nSPS) is 16.2. The molecule has 0 spiro atoms. The molecule has 134 valence electrons. The Balaban J connectivity index is 1.64. The first-order valence-electron chi connectivity index (χ1n) is 8.35. The van der Waals surface area contributed by atoms with Crippen LogP contribution in [0.15, 0.2) is 41.6 Å². The summed E-state index contributed by atoms with van der Waals surface area (Å²) in [5.41, 5.74) is 2.97. The fraction of sp³-hybridized carbons (Fsp3) is 0.389. The number of rotatable bonds is 4. The molecule has 0 bridgehead atoms. The number of hydrogen-bond donors (Lipinski definition) is 1. The van der Waals surface area contributed by atoms with Crippen LogP contribution in [-0.4, -0.2) is 54.7 Å². The van der Waals surface area contributed by atoms with Crippen LogP contribution >= 0.6 is 0 Å². The van der Waals surface area contributed by atoms with Crippen LogP contribution in [0.3, 0.4) is 0 Å². The number of H-pyrrole nitrogens is 1. The van der Waals surface area contributed by atoms with Gasteiger partial charge in [0.25, 0.3) is 0 Å². The molecule has 1 amide bonds. The second-order valence-electron chi connectivity index (χ2n) is 6.43. The molecule has 1 saturated heterocycles. The van der Waals surface area contributed by atoms with Gasteiger partial charge in [0.15, 0.2) is 0 Å². The van der Waals surface area contributed by atoms with Crippen LogP contribution in [0.25, 0.3) is 0 Å². The highest BCUT2D eigenvalue weighted by atomic mass is 32.2. The number of aromatic nitrogens is 1. The van der Waals surface area contributed by atoms with Crippen LogP contribution in [0, 0.1) is 13.8 Å². The van der Waals surface area contributed by atoms with E-state index in [0.717, 1.165) is 16.7 Å². The van der Waals surface area contributed by atoms with Crippen molar-refractivity contribution >= 4 is 15.9 Å². The van der Waals surface area contributed by atoms with E-state index in [-0.39, 0.29) is 5.91 Å². The van der Waals surface area contributed by atoms with Gasteiger partial charge < -0.3 is 9.88 Å². The zero-order valence-corrected chi connectivity index (χ0v) is 15.3. The summed E-state index contributed by atoms with van der Waals surface area (Å²) in [6.45, 7) is 5.37. The molecule has 0 radical (unpaired) electrons. The first kappa shape index (κ1) is 17.7. The van der Waals surface area contributed by atoms with E-state index in [0.29, 0.717) is 37.5 Å². The van der Waals surface area contributed by atoms with E-state index in [1.807, 2.05) is 26.0 Å². The Labute approximate surface area is 148 Å². The Bertz CT molecular complexity index is 852. The van der Waals surface area contributed by atoms with Gasteiger partial charge >= 0.3 is 0 Å². The summed E-state index contributed by atoms with van der Waals surface area (Å²) in [5, 5.41) is 0. The van der Waals surface area contributed by atoms with Crippen molar-refractivity contribution in [1.29, 1.82) is 0 Å². The minimum atomic E-state index is -3.51. The lowest BCUT2D eigenvalue weighted by Gasteiger charge is -2.34. The van der Waals surface area contributed by atoms with Crippen LogP contribution in [-0.2, 0) is 21.2 Å². The van der Waals surface area contributed by atoms with Gasteiger partial charge in [0.1, 0.15) is 0 Å². The Morgan fingerprint density at radius 3 is 2.40 bits per heavy atom. The highest BCUT2D eigenvalue weighted by Gasteiger charge is 2.30. The number of carbonyl (C=O) groups excluding carboxylic acids is 1. The Morgan fingerprint density at radius 1 is 1.08 bits per heavy atom. The summed E-state index contributed by atoms with van der Waals surface area (Å²) < 4.78 is 27.1. The fourth-order valence-corrected chi connectivity index (χ4v) is 4.46. The quantitative estimate of drug-likeness (QED) is 0.901. The van der Waals surface area contributed by atoms with Crippen LogP contribution in [0.1, 0.15) is 16.7 Å². The lowest BCUT2D eigenvalue weighted by atomic mass is 10.1. The molecule has 0 atom stereocenters. The van der Waals surface area contributed by atoms with Crippen molar-refractivity contribution in [3.63, 3.8) is 0 Å². The average Bonchev–Trinajstić information content (AvgIpc) is 3.10. The van der Waals surface area contributed by atoms with Crippen LogP contribution in [0.4, 0.5) is 0 Å². The van der Waals surface area contributed by atoms with Crippen molar-refractivity contribution in [2.45, 2.75) is 25.2 Å². The van der Waals surface area contributed by atoms with E-state index in [9.17, 15) is 13.2 Å². The molecule has 3 rings (SSSR count). The van der Waals surface area contributed by atoms with Crippen molar-refractivity contribution < 1.29 is 13.2 Å². The van der Waals surface area contributed by atoms with Crippen molar-refractivity contribution in [3.8, 4) is 0 Å². The first-order valence-corrected chi connectivity index (χ1v) is 9.79. The largest absolute Gasteiger partial charge is 0.367 e. The molecular weight excluding hydrogens is 338 g/mol. The number of aryl methyl sites for hydroxylation is 2. The summed E-state index contributed by atoms with van der Waals surface area (Å²) in [4.78, 5) is 17.3. The maximum Gasteiger partial charge on any atom is 0.243 e. The predicted molar refractivity (Wildman–Crippen MR) is 95.8 cm³/mol. The van der Waals surface area contributed by atoms with Crippen LogP contribution < -0.4 is 0 Å². The zero-order chi connectivity index (χ0) is 18.0. The topological polar surface area (TPSA) is 73.5 Å². The van der Waals surface area contributed by atoms with Gasteiger partial charge in [-0.1, -0.05) is 6.07 Å². The Morgan fingerprint density at radius 2 is 1.80 bits per heavy atom. The summed E-state index contributed by atoms with van der Waals surface area (Å²) in [6.07, 6.45) is 3.93. The number of benzene rings is 1. The molecule has 1 aromatic heterocycles. The fourth-order valence-electron chi connectivity index (χ4n) is 2.96. The van der Waals surface area contributed by atoms with Gasteiger partial charge in [-0.25, -0.2) is 8.42 Å². The van der Waals surface area contributed by atoms with Gasteiger partial charge in [0.05, 0.1) is 11.3 Å². The molecule has 0 unspecified atom stereocenters. The summed E-state index contributed by atoms with van der Waals surface area (Å²) >= 11 is 0. The van der Waals surface area contributed by atoms with Gasteiger partial charge in [-0.2, -0.15) is 4.31 Å². The Kier molecular flexibility index (Phi) is 4.96. The highest BCUT2D eigenvalue weighted by Crippen LogP contribution is 2.20. The molecule has 1 aromatic carbocycles. The van der Waals surface area contributed by atoms with Gasteiger partial charge in [0, 0.05) is 38.6 Å². The number of carbonyl (C=O) groups is 1. The summed E-state index contributed by atoms with van der Waals surface area (Å²) in [6, 6.07) is 7.08.